The van der Waals surface area contributed by atoms with Crippen molar-refractivity contribution in [1.29, 1.82) is 0 Å². The van der Waals surface area contributed by atoms with Gasteiger partial charge in [-0.3, -0.25) is 0 Å². The third kappa shape index (κ3) is 3.30. The van der Waals surface area contributed by atoms with E-state index in [-0.39, 0.29) is 0 Å². The maximum Gasteiger partial charge on any atom is 0.367 e. The number of hydrogen-bond acceptors (Lipinski definition) is 3. The first-order valence-corrected chi connectivity index (χ1v) is 8.42. The highest BCUT2D eigenvalue weighted by molar-refractivity contribution is 6.30. The molecular formula is C15H15ClIO3+. The van der Waals surface area contributed by atoms with Crippen LogP contribution in [0.4, 0.5) is 0 Å². The highest BCUT2D eigenvalue weighted by atomic mass is 127. The molecule has 0 radical (unpaired) electrons. The van der Waals surface area contributed by atoms with E-state index in [0.717, 1.165) is 23.7 Å². The molecule has 2 rings (SSSR count). The van der Waals surface area contributed by atoms with Crippen LogP contribution >= 0.6 is 11.6 Å². The van der Waals surface area contributed by atoms with E-state index in [0.29, 0.717) is 5.75 Å². The molecule has 0 aliphatic carbocycles. The van der Waals surface area contributed by atoms with Gasteiger partial charge in [0.2, 0.25) is 3.57 Å². The summed E-state index contributed by atoms with van der Waals surface area (Å²) >= 11 is 5.74. The summed E-state index contributed by atoms with van der Waals surface area (Å²) in [6.07, 6.45) is 0. The number of methoxy groups -OCH3 is 3. The molecule has 0 unspecified atom stereocenters. The van der Waals surface area contributed by atoms with Gasteiger partial charge < -0.3 is 14.2 Å². The smallest absolute Gasteiger partial charge is 0.367 e. The zero-order valence-electron chi connectivity index (χ0n) is 11.4. The molecule has 0 aliphatic rings. The Morgan fingerprint density at radius 3 is 2.00 bits per heavy atom. The summed E-state index contributed by atoms with van der Waals surface area (Å²) in [4.78, 5) is 0. The van der Waals surface area contributed by atoms with E-state index < -0.39 is 21.2 Å². The van der Waals surface area contributed by atoms with Gasteiger partial charge in [0.15, 0.2) is 11.5 Å². The van der Waals surface area contributed by atoms with Crippen LogP contribution in [0.5, 0.6) is 17.2 Å². The van der Waals surface area contributed by atoms with E-state index in [9.17, 15) is 0 Å². The van der Waals surface area contributed by atoms with Crippen LogP contribution in [0.15, 0.2) is 36.4 Å². The molecule has 0 fully saturated rings. The molecule has 3 nitrogen and oxygen atoms in total. The summed E-state index contributed by atoms with van der Waals surface area (Å²) in [5.74, 6) is 2.26. The van der Waals surface area contributed by atoms with Crippen molar-refractivity contribution in [2.24, 2.45) is 0 Å². The molecular weight excluding hydrogens is 391 g/mol. The van der Waals surface area contributed by atoms with Gasteiger partial charge in [0, 0.05) is 12.1 Å². The Morgan fingerprint density at radius 1 is 0.900 bits per heavy atom. The van der Waals surface area contributed by atoms with Gasteiger partial charge in [-0.15, -0.1) is 0 Å². The van der Waals surface area contributed by atoms with Gasteiger partial charge in [0.1, 0.15) is 5.75 Å². The molecule has 0 aromatic heterocycles. The van der Waals surface area contributed by atoms with Crippen LogP contribution in [0.1, 0.15) is 0 Å². The van der Waals surface area contributed by atoms with Crippen LogP contribution in [0, 0.1) is 7.14 Å². The first-order valence-electron chi connectivity index (χ1n) is 5.89. The summed E-state index contributed by atoms with van der Waals surface area (Å²) in [6, 6.07) is 11.6. The fraction of sp³-hybridized carbons (Fsp3) is 0.200. The summed E-state index contributed by atoms with van der Waals surface area (Å²) < 4.78 is 18.4. The third-order valence-electron chi connectivity index (χ3n) is 2.68. The highest BCUT2D eigenvalue weighted by Gasteiger charge is 2.29. The Kier molecular flexibility index (Phi) is 5.37. The normalized spacial score (nSPS) is 10.2. The third-order valence-corrected chi connectivity index (χ3v) is 6.45. The summed E-state index contributed by atoms with van der Waals surface area (Å²) in [6.45, 7) is 0. The van der Waals surface area contributed by atoms with Crippen molar-refractivity contribution in [2.45, 2.75) is 0 Å². The standard InChI is InChI=1S/C15H15ClIO3/c1-18-10-8-13(19-2)15(14(9-10)20-3)17-12-7-5-4-6-11(12)16/h4-9H,1-3H3/q+1. The van der Waals surface area contributed by atoms with Crippen molar-refractivity contribution < 1.29 is 35.4 Å². The lowest BCUT2D eigenvalue weighted by molar-refractivity contribution is -0.598. The van der Waals surface area contributed by atoms with Gasteiger partial charge in [0.05, 0.1) is 26.4 Å². The van der Waals surface area contributed by atoms with Crippen LogP contribution in [0.2, 0.25) is 5.02 Å². The molecule has 0 saturated carbocycles. The van der Waals surface area contributed by atoms with Crippen molar-refractivity contribution in [3.05, 3.63) is 48.6 Å². The average Bonchev–Trinajstić information content (AvgIpc) is 2.49. The molecule has 0 atom stereocenters. The minimum atomic E-state index is -0.505. The molecule has 0 bridgehead atoms. The Labute approximate surface area is 134 Å². The van der Waals surface area contributed by atoms with E-state index in [1.54, 1.807) is 21.3 Å². The highest BCUT2D eigenvalue weighted by Crippen LogP contribution is 2.27. The van der Waals surface area contributed by atoms with Crippen molar-refractivity contribution in [3.8, 4) is 17.2 Å². The van der Waals surface area contributed by atoms with E-state index in [1.165, 1.54) is 0 Å². The molecule has 2 aromatic rings. The van der Waals surface area contributed by atoms with Crippen LogP contribution in [-0.4, -0.2) is 21.3 Å². The minimum absolute atomic E-state index is 0.505. The average molecular weight is 406 g/mol. The van der Waals surface area contributed by atoms with Crippen molar-refractivity contribution in [2.75, 3.05) is 21.3 Å². The first kappa shape index (κ1) is 15.3. The molecule has 0 amide bonds. The zero-order valence-corrected chi connectivity index (χ0v) is 14.4. The van der Waals surface area contributed by atoms with Gasteiger partial charge in [0.25, 0.3) is 3.57 Å². The van der Waals surface area contributed by atoms with E-state index in [2.05, 4.69) is 0 Å². The Morgan fingerprint density at radius 2 is 1.50 bits per heavy atom. The first-order chi connectivity index (χ1) is 9.69. The monoisotopic (exact) mass is 405 g/mol. The molecule has 0 N–H and O–H groups in total. The zero-order chi connectivity index (χ0) is 14.5. The summed E-state index contributed by atoms with van der Waals surface area (Å²) in [5, 5.41) is 0.778. The van der Waals surface area contributed by atoms with Gasteiger partial charge in [-0.05, 0) is 12.1 Å². The molecule has 20 heavy (non-hydrogen) atoms. The van der Waals surface area contributed by atoms with E-state index in [1.807, 2.05) is 36.4 Å². The lowest BCUT2D eigenvalue weighted by Crippen LogP contribution is -3.61. The molecule has 5 heteroatoms. The molecule has 106 valence electrons. The van der Waals surface area contributed by atoms with Crippen LogP contribution in [0.3, 0.4) is 0 Å². The molecule has 0 spiro atoms. The van der Waals surface area contributed by atoms with Gasteiger partial charge in [-0.25, -0.2) is 0 Å². The lowest BCUT2D eigenvalue weighted by Gasteiger charge is -2.08. The topological polar surface area (TPSA) is 27.7 Å². The van der Waals surface area contributed by atoms with Crippen molar-refractivity contribution in [1.82, 2.24) is 0 Å². The number of ether oxygens (including phenoxy) is 3. The Hall–Kier alpha value is -1.14. The lowest BCUT2D eigenvalue weighted by atomic mass is 10.3. The second-order valence-electron chi connectivity index (χ2n) is 3.85. The second-order valence-corrected chi connectivity index (χ2v) is 7.04. The maximum absolute atomic E-state index is 6.24. The largest absolute Gasteiger partial charge is 0.496 e. The fourth-order valence-corrected chi connectivity index (χ4v) is 4.74. The van der Waals surface area contributed by atoms with E-state index >= 15 is 0 Å². The predicted molar refractivity (Wildman–Crippen MR) is 74.9 cm³/mol. The summed E-state index contributed by atoms with van der Waals surface area (Å²) in [5.41, 5.74) is 0. The Bertz CT molecular complexity index is 576. The van der Waals surface area contributed by atoms with Crippen LogP contribution < -0.4 is 35.4 Å². The second kappa shape index (κ2) is 7.04. The van der Waals surface area contributed by atoms with E-state index in [4.69, 9.17) is 25.8 Å². The SMILES string of the molecule is COc1cc(OC)c([I+]c2ccccc2Cl)c(OC)c1. The minimum Gasteiger partial charge on any atom is -0.496 e. The summed E-state index contributed by atoms with van der Waals surface area (Å²) in [7, 11) is 4.92. The molecule has 2 aromatic carbocycles. The number of halogens is 2. The van der Waals surface area contributed by atoms with Gasteiger partial charge in [-0.2, -0.15) is 0 Å². The van der Waals surface area contributed by atoms with Gasteiger partial charge in [-0.1, -0.05) is 23.7 Å². The quantitative estimate of drug-likeness (QED) is 0.678. The van der Waals surface area contributed by atoms with Crippen LogP contribution in [-0.2, 0) is 0 Å². The fourth-order valence-electron chi connectivity index (χ4n) is 1.67. The number of benzene rings is 2. The van der Waals surface area contributed by atoms with Crippen molar-refractivity contribution in [3.63, 3.8) is 0 Å². The molecule has 0 saturated heterocycles. The Balaban J connectivity index is 2.47. The van der Waals surface area contributed by atoms with Crippen molar-refractivity contribution >= 4 is 11.6 Å². The maximum atomic E-state index is 6.24. The number of rotatable bonds is 5. The number of hydrogen-bond donors (Lipinski definition) is 0. The predicted octanol–water partition coefficient (Wildman–Crippen LogP) is 0.494. The molecule has 0 aliphatic heterocycles. The van der Waals surface area contributed by atoms with Gasteiger partial charge >= 0.3 is 21.2 Å². The van der Waals surface area contributed by atoms with Crippen LogP contribution in [0.25, 0.3) is 0 Å². The molecule has 0 heterocycles.